The predicted octanol–water partition coefficient (Wildman–Crippen LogP) is 1.79. The first-order chi connectivity index (χ1) is 8.76. The van der Waals surface area contributed by atoms with Crippen molar-refractivity contribution >= 4 is 18.3 Å². The SMILES string of the molecule is CCCC(CC)NC(=O)c1n[nH]c2c1CNCC2.Cl. The van der Waals surface area contributed by atoms with Crippen LogP contribution in [0.3, 0.4) is 0 Å². The van der Waals surface area contributed by atoms with E-state index in [-0.39, 0.29) is 24.4 Å². The molecular weight excluding hydrogens is 264 g/mol. The van der Waals surface area contributed by atoms with E-state index in [0.717, 1.165) is 50.0 Å². The summed E-state index contributed by atoms with van der Waals surface area (Å²) in [5.41, 5.74) is 2.69. The van der Waals surface area contributed by atoms with Crippen molar-refractivity contribution in [2.24, 2.45) is 0 Å². The second-order valence-electron chi connectivity index (χ2n) is 4.82. The zero-order chi connectivity index (χ0) is 13.0. The highest BCUT2D eigenvalue weighted by molar-refractivity contribution is 5.94. The van der Waals surface area contributed by atoms with Crippen molar-refractivity contribution in [3.63, 3.8) is 0 Å². The first kappa shape index (κ1) is 16.0. The molecule has 0 saturated heterocycles. The fourth-order valence-corrected chi connectivity index (χ4v) is 2.39. The summed E-state index contributed by atoms with van der Waals surface area (Å²) < 4.78 is 0. The lowest BCUT2D eigenvalue weighted by Gasteiger charge is -2.17. The van der Waals surface area contributed by atoms with Crippen molar-refractivity contribution in [2.75, 3.05) is 6.54 Å². The monoisotopic (exact) mass is 286 g/mol. The number of nitrogens with one attached hydrogen (secondary N) is 3. The molecule has 3 N–H and O–H groups in total. The summed E-state index contributed by atoms with van der Waals surface area (Å²) in [5.74, 6) is -0.0449. The van der Waals surface area contributed by atoms with E-state index in [4.69, 9.17) is 0 Å². The van der Waals surface area contributed by atoms with Gasteiger partial charge in [0.15, 0.2) is 5.69 Å². The van der Waals surface area contributed by atoms with Crippen molar-refractivity contribution in [1.82, 2.24) is 20.8 Å². The Morgan fingerprint density at radius 1 is 1.47 bits per heavy atom. The third-order valence-electron chi connectivity index (χ3n) is 3.49. The Morgan fingerprint density at radius 3 is 2.95 bits per heavy atom. The highest BCUT2D eigenvalue weighted by Gasteiger charge is 2.22. The summed E-state index contributed by atoms with van der Waals surface area (Å²) in [4.78, 5) is 12.2. The molecule has 1 atom stereocenters. The van der Waals surface area contributed by atoms with Crippen molar-refractivity contribution in [2.45, 2.75) is 52.1 Å². The van der Waals surface area contributed by atoms with Crippen LogP contribution in [0.25, 0.3) is 0 Å². The van der Waals surface area contributed by atoms with E-state index in [1.807, 2.05) is 0 Å². The van der Waals surface area contributed by atoms with Gasteiger partial charge in [-0.15, -0.1) is 12.4 Å². The first-order valence-corrected chi connectivity index (χ1v) is 6.83. The number of aromatic nitrogens is 2. The van der Waals surface area contributed by atoms with Crippen LogP contribution in [0, 0.1) is 0 Å². The number of carbonyl (C=O) groups is 1. The maximum absolute atomic E-state index is 12.2. The lowest BCUT2D eigenvalue weighted by atomic mass is 10.1. The molecule has 6 heteroatoms. The topological polar surface area (TPSA) is 69.8 Å². The Hall–Kier alpha value is -1.07. The third kappa shape index (κ3) is 3.70. The van der Waals surface area contributed by atoms with E-state index in [1.54, 1.807) is 0 Å². The molecule has 0 fully saturated rings. The van der Waals surface area contributed by atoms with Crippen LogP contribution in [0.2, 0.25) is 0 Å². The smallest absolute Gasteiger partial charge is 0.272 e. The minimum Gasteiger partial charge on any atom is -0.348 e. The van der Waals surface area contributed by atoms with Crippen LogP contribution in [0.4, 0.5) is 0 Å². The average molecular weight is 287 g/mol. The van der Waals surface area contributed by atoms with E-state index < -0.39 is 0 Å². The standard InChI is InChI=1S/C13H22N4O.ClH/c1-3-5-9(4-2)15-13(18)12-10-8-14-7-6-11(10)16-17-12;/h9,14H,3-8H2,1-2H3,(H,15,18)(H,16,17);1H. The molecule has 1 aliphatic rings. The molecule has 0 spiro atoms. The van der Waals surface area contributed by atoms with Crippen LogP contribution >= 0.6 is 12.4 Å². The third-order valence-corrected chi connectivity index (χ3v) is 3.49. The van der Waals surface area contributed by atoms with Gasteiger partial charge in [-0.1, -0.05) is 20.3 Å². The number of fused-ring (bicyclic) bond motifs is 1. The largest absolute Gasteiger partial charge is 0.348 e. The Balaban J connectivity index is 0.00000180. The fraction of sp³-hybridized carbons (Fsp3) is 0.692. The first-order valence-electron chi connectivity index (χ1n) is 6.83. The second kappa shape index (κ2) is 7.50. The van der Waals surface area contributed by atoms with Gasteiger partial charge in [0.1, 0.15) is 0 Å². The van der Waals surface area contributed by atoms with E-state index >= 15 is 0 Å². The van der Waals surface area contributed by atoms with Crippen LogP contribution in [-0.4, -0.2) is 28.7 Å². The summed E-state index contributed by atoms with van der Waals surface area (Å²) in [6.07, 6.45) is 3.98. The molecule has 1 aromatic rings. The number of nitrogens with zero attached hydrogens (tertiary/aromatic N) is 1. The van der Waals surface area contributed by atoms with Gasteiger partial charge in [0.2, 0.25) is 0 Å². The lowest BCUT2D eigenvalue weighted by molar-refractivity contribution is 0.0927. The number of hydrogen-bond acceptors (Lipinski definition) is 3. The number of aromatic amines is 1. The van der Waals surface area contributed by atoms with E-state index in [2.05, 4.69) is 34.7 Å². The van der Waals surface area contributed by atoms with Crippen LogP contribution in [0.1, 0.15) is 54.9 Å². The zero-order valence-electron chi connectivity index (χ0n) is 11.6. The van der Waals surface area contributed by atoms with Gasteiger partial charge in [0.05, 0.1) is 0 Å². The highest BCUT2D eigenvalue weighted by Crippen LogP contribution is 2.15. The molecule has 0 aliphatic carbocycles. The summed E-state index contributed by atoms with van der Waals surface area (Å²) in [6, 6.07) is 0.256. The van der Waals surface area contributed by atoms with Crippen LogP contribution < -0.4 is 10.6 Å². The molecule has 1 aromatic heterocycles. The number of amides is 1. The van der Waals surface area contributed by atoms with E-state index in [1.165, 1.54) is 0 Å². The Kier molecular flexibility index (Phi) is 6.31. The normalized spacial score (nSPS) is 15.3. The van der Waals surface area contributed by atoms with Crippen LogP contribution in [0.5, 0.6) is 0 Å². The van der Waals surface area contributed by atoms with E-state index in [9.17, 15) is 4.79 Å². The lowest BCUT2D eigenvalue weighted by Crippen LogP contribution is -2.35. The molecule has 1 unspecified atom stereocenters. The van der Waals surface area contributed by atoms with Crippen LogP contribution in [0.15, 0.2) is 0 Å². The van der Waals surface area contributed by atoms with Gasteiger partial charge in [-0.05, 0) is 12.8 Å². The van der Waals surface area contributed by atoms with Gasteiger partial charge in [0, 0.05) is 36.8 Å². The van der Waals surface area contributed by atoms with Gasteiger partial charge >= 0.3 is 0 Å². The molecule has 108 valence electrons. The van der Waals surface area contributed by atoms with Crippen molar-refractivity contribution < 1.29 is 4.79 Å². The number of rotatable bonds is 5. The molecule has 0 radical (unpaired) electrons. The molecule has 2 rings (SSSR count). The summed E-state index contributed by atoms with van der Waals surface area (Å²) in [7, 11) is 0. The van der Waals surface area contributed by atoms with Gasteiger partial charge in [-0.3, -0.25) is 9.89 Å². The molecule has 1 aliphatic heterocycles. The Bertz CT molecular complexity index is 419. The summed E-state index contributed by atoms with van der Waals surface area (Å²) in [5, 5.41) is 13.5. The molecule has 0 aromatic carbocycles. The van der Waals surface area contributed by atoms with Crippen molar-refractivity contribution in [1.29, 1.82) is 0 Å². The van der Waals surface area contributed by atoms with Crippen molar-refractivity contribution in [3.8, 4) is 0 Å². The number of halogens is 1. The average Bonchev–Trinajstić information content (AvgIpc) is 2.82. The van der Waals surface area contributed by atoms with Gasteiger partial charge < -0.3 is 10.6 Å². The Labute approximate surface area is 120 Å². The maximum Gasteiger partial charge on any atom is 0.272 e. The fourth-order valence-electron chi connectivity index (χ4n) is 2.39. The zero-order valence-corrected chi connectivity index (χ0v) is 12.4. The Morgan fingerprint density at radius 2 is 2.26 bits per heavy atom. The number of H-pyrrole nitrogens is 1. The molecule has 19 heavy (non-hydrogen) atoms. The molecule has 2 heterocycles. The maximum atomic E-state index is 12.2. The van der Waals surface area contributed by atoms with Gasteiger partial charge in [-0.2, -0.15) is 5.10 Å². The van der Waals surface area contributed by atoms with Crippen molar-refractivity contribution in [3.05, 3.63) is 17.0 Å². The van der Waals surface area contributed by atoms with Crippen LogP contribution in [-0.2, 0) is 13.0 Å². The van der Waals surface area contributed by atoms with E-state index in [0.29, 0.717) is 5.69 Å². The molecule has 5 nitrogen and oxygen atoms in total. The molecule has 0 saturated carbocycles. The quantitative estimate of drug-likeness (QED) is 0.773. The number of carbonyl (C=O) groups excluding carboxylic acids is 1. The molecule has 1 amide bonds. The number of hydrogen-bond donors (Lipinski definition) is 3. The second-order valence-corrected chi connectivity index (χ2v) is 4.82. The highest BCUT2D eigenvalue weighted by atomic mass is 35.5. The minimum atomic E-state index is -0.0449. The minimum absolute atomic E-state index is 0. The summed E-state index contributed by atoms with van der Waals surface area (Å²) >= 11 is 0. The predicted molar refractivity (Wildman–Crippen MR) is 77.7 cm³/mol. The van der Waals surface area contributed by atoms with Gasteiger partial charge in [-0.25, -0.2) is 0 Å². The molecular formula is C13H23ClN4O. The molecule has 0 bridgehead atoms. The summed E-state index contributed by atoms with van der Waals surface area (Å²) in [6.45, 7) is 5.92. The van der Waals surface area contributed by atoms with Gasteiger partial charge in [0.25, 0.3) is 5.91 Å².